The minimum atomic E-state index is 0.116. The summed E-state index contributed by atoms with van der Waals surface area (Å²) in [6.45, 7) is 7.49. The monoisotopic (exact) mass is 380 g/mol. The van der Waals surface area contributed by atoms with Crippen LogP contribution in [0.15, 0.2) is 59.8 Å². The van der Waals surface area contributed by atoms with Gasteiger partial charge in [-0.15, -0.1) is 10.2 Å². The summed E-state index contributed by atoms with van der Waals surface area (Å²) in [6.07, 6.45) is 0. The Morgan fingerprint density at radius 1 is 1.04 bits per heavy atom. The second kappa shape index (κ2) is 8.86. The summed E-state index contributed by atoms with van der Waals surface area (Å²) in [5.74, 6) is 1.24. The fraction of sp³-hybridized carbons (Fsp3) is 0.286. The van der Waals surface area contributed by atoms with Gasteiger partial charge in [0.2, 0.25) is 5.91 Å². The molecule has 2 aromatic carbocycles. The van der Waals surface area contributed by atoms with E-state index in [9.17, 15) is 4.79 Å². The largest absolute Gasteiger partial charge is 0.343 e. The first-order valence-corrected chi connectivity index (χ1v) is 10.1. The van der Waals surface area contributed by atoms with Crippen LogP contribution >= 0.6 is 11.8 Å². The first kappa shape index (κ1) is 19.2. The van der Waals surface area contributed by atoms with Crippen LogP contribution in [0.2, 0.25) is 0 Å². The number of rotatable bonds is 7. The molecule has 1 heterocycles. The van der Waals surface area contributed by atoms with Gasteiger partial charge in [-0.1, -0.05) is 54.2 Å². The lowest BCUT2D eigenvalue weighted by atomic mass is 10.2. The molecule has 0 radical (unpaired) electrons. The van der Waals surface area contributed by atoms with Crippen LogP contribution in [-0.2, 0) is 4.79 Å². The van der Waals surface area contributed by atoms with Gasteiger partial charge in [-0.2, -0.15) is 0 Å². The first-order chi connectivity index (χ1) is 13.1. The van der Waals surface area contributed by atoms with Gasteiger partial charge in [0.1, 0.15) is 0 Å². The molecule has 0 aliphatic heterocycles. The van der Waals surface area contributed by atoms with E-state index in [1.54, 1.807) is 0 Å². The molecule has 27 heavy (non-hydrogen) atoms. The Morgan fingerprint density at radius 2 is 1.78 bits per heavy atom. The number of thioether (sulfide) groups is 1. The molecular weight excluding hydrogens is 356 g/mol. The third-order valence-electron chi connectivity index (χ3n) is 4.37. The van der Waals surface area contributed by atoms with Gasteiger partial charge < -0.3 is 4.90 Å². The standard InChI is InChI=1S/C21H24N4OS/c1-4-24(5-2)19(26)15-27-21-23-22-20(17-11-7-6-8-12-17)25(21)18-13-9-10-16(3)14-18/h6-14H,4-5,15H2,1-3H3. The predicted molar refractivity (Wildman–Crippen MR) is 110 cm³/mol. The fourth-order valence-electron chi connectivity index (χ4n) is 2.93. The molecule has 0 saturated heterocycles. The van der Waals surface area contributed by atoms with Crippen molar-refractivity contribution in [1.82, 2.24) is 19.7 Å². The Morgan fingerprint density at radius 3 is 2.44 bits per heavy atom. The summed E-state index contributed by atoms with van der Waals surface area (Å²) >= 11 is 1.43. The zero-order chi connectivity index (χ0) is 19.2. The van der Waals surface area contributed by atoms with Gasteiger partial charge in [0.25, 0.3) is 0 Å². The van der Waals surface area contributed by atoms with E-state index in [0.29, 0.717) is 5.75 Å². The Hall–Kier alpha value is -2.60. The molecule has 0 N–H and O–H groups in total. The molecule has 0 bridgehead atoms. The Labute approximate surface area is 164 Å². The van der Waals surface area contributed by atoms with Gasteiger partial charge in [0.05, 0.1) is 5.75 Å². The number of carbonyl (C=O) groups excluding carboxylic acids is 1. The summed E-state index contributed by atoms with van der Waals surface area (Å²) in [6, 6.07) is 18.2. The molecule has 1 aromatic heterocycles. The summed E-state index contributed by atoms with van der Waals surface area (Å²) in [7, 11) is 0. The minimum Gasteiger partial charge on any atom is -0.343 e. The topological polar surface area (TPSA) is 51.0 Å². The number of hydrogen-bond donors (Lipinski definition) is 0. The van der Waals surface area contributed by atoms with E-state index in [1.165, 1.54) is 11.8 Å². The molecule has 1 amide bonds. The summed E-state index contributed by atoms with van der Waals surface area (Å²) < 4.78 is 2.03. The molecule has 0 fully saturated rings. The van der Waals surface area contributed by atoms with E-state index in [0.717, 1.165) is 40.9 Å². The van der Waals surface area contributed by atoms with E-state index >= 15 is 0 Å². The predicted octanol–water partition coefficient (Wildman–Crippen LogP) is 4.20. The van der Waals surface area contributed by atoms with Crippen LogP contribution < -0.4 is 0 Å². The van der Waals surface area contributed by atoms with Crippen molar-refractivity contribution in [1.29, 1.82) is 0 Å². The van der Waals surface area contributed by atoms with Crippen molar-refractivity contribution in [3.8, 4) is 17.1 Å². The maximum atomic E-state index is 12.4. The van der Waals surface area contributed by atoms with Crippen LogP contribution in [0.1, 0.15) is 19.4 Å². The van der Waals surface area contributed by atoms with Crippen molar-refractivity contribution in [2.45, 2.75) is 25.9 Å². The van der Waals surface area contributed by atoms with Gasteiger partial charge in [-0.05, 0) is 38.5 Å². The highest BCUT2D eigenvalue weighted by Crippen LogP contribution is 2.28. The van der Waals surface area contributed by atoms with Crippen molar-refractivity contribution < 1.29 is 4.79 Å². The van der Waals surface area contributed by atoms with Crippen LogP contribution in [0, 0.1) is 6.92 Å². The SMILES string of the molecule is CCN(CC)C(=O)CSc1nnc(-c2ccccc2)n1-c1cccc(C)c1. The lowest BCUT2D eigenvalue weighted by Crippen LogP contribution is -2.31. The maximum absolute atomic E-state index is 12.4. The average molecular weight is 381 g/mol. The summed E-state index contributed by atoms with van der Waals surface area (Å²) in [4.78, 5) is 14.2. The smallest absolute Gasteiger partial charge is 0.233 e. The van der Waals surface area contributed by atoms with Crippen LogP contribution in [-0.4, -0.2) is 44.4 Å². The average Bonchev–Trinajstić information content (AvgIpc) is 3.12. The molecule has 0 aliphatic carbocycles. The summed E-state index contributed by atoms with van der Waals surface area (Å²) in [5.41, 5.74) is 3.15. The second-order valence-electron chi connectivity index (χ2n) is 6.20. The highest BCUT2D eigenvalue weighted by molar-refractivity contribution is 7.99. The van der Waals surface area contributed by atoms with Crippen molar-refractivity contribution in [3.05, 3.63) is 60.2 Å². The van der Waals surface area contributed by atoms with Gasteiger partial charge in [0.15, 0.2) is 11.0 Å². The van der Waals surface area contributed by atoms with Gasteiger partial charge in [-0.3, -0.25) is 9.36 Å². The highest BCUT2D eigenvalue weighted by Gasteiger charge is 2.18. The molecule has 140 valence electrons. The highest BCUT2D eigenvalue weighted by atomic mass is 32.2. The van der Waals surface area contributed by atoms with Crippen molar-refractivity contribution >= 4 is 17.7 Å². The lowest BCUT2D eigenvalue weighted by molar-refractivity contribution is -0.127. The zero-order valence-corrected chi connectivity index (χ0v) is 16.7. The number of aryl methyl sites for hydroxylation is 1. The van der Waals surface area contributed by atoms with E-state index in [2.05, 4.69) is 29.3 Å². The second-order valence-corrected chi connectivity index (χ2v) is 7.14. The third kappa shape index (κ3) is 4.39. The summed E-state index contributed by atoms with van der Waals surface area (Å²) in [5, 5.41) is 9.53. The van der Waals surface area contributed by atoms with Crippen LogP contribution in [0.4, 0.5) is 0 Å². The molecule has 3 aromatic rings. The number of hydrogen-bond acceptors (Lipinski definition) is 4. The van der Waals surface area contributed by atoms with E-state index in [1.807, 2.05) is 65.8 Å². The number of nitrogens with zero attached hydrogens (tertiary/aromatic N) is 4. The van der Waals surface area contributed by atoms with Crippen LogP contribution in [0.25, 0.3) is 17.1 Å². The van der Waals surface area contributed by atoms with Gasteiger partial charge in [0, 0.05) is 24.3 Å². The number of benzene rings is 2. The van der Waals surface area contributed by atoms with Crippen LogP contribution in [0.5, 0.6) is 0 Å². The Kier molecular flexibility index (Phi) is 6.29. The van der Waals surface area contributed by atoms with E-state index in [-0.39, 0.29) is 5.91 Å². The molecule has 0 spiro atoms. The van der Waals surface area contributed by atoms with E-state index in [4.69, 9.17) is 0 Å². The Bertz CT molecular complexity index is 904. The maximum Gasteiger partial charge on any atom is 0.233 e. The van der Waals surface area contributed by atoms with Crippen molar-refractivity contribution in [2.24, 2.45) is 0 Å². The first-order valence-electron chi connectivity index (χ1n) is 9.12. The molecule has 6 heteroatoms. The van der Waals surface area contributed by atoms with Gasteiger partial charge >= 0.3 is 0 Å². The number of amides is 1. The Balaban J connectivity index is 1.97. The van der Waals surface area contributed by atoms with Crippen molar-refractivity contribution in [3.63, 3.8) is 0 Å². The lowest BCUT2D eigenvalue weighted by Gasteiger charge is -2.18. The molecular formula is C21H24N4OS. The molecule has 0 atom stereocenters. The fourth-order valence-corrected chi connectivity index (χ4v) is 3.79. The molecule has 0 aliphatic rings. The number of carbonyl (C=O) groups is 1. The normalized spacial score (nSPS) is 10.8. The molecule has 0 unspecified atom stereocenters. The minimum absolute atomic E-state index is 0.116. The van der Waals surface area contributed by atoms with Crippen molar-refractivity contribution in [2.75, 3.05) is 18.8 Å². The van der Waals surface area contributed by atoms with Gasteiger partial charge in [-0.25, -0.2) is 0 Å². The molecule has 3 rings (SSSR count). The molecule has 5 nitrogen and oxygen atoms in total. The zero-order valence-electron chi connectivity index (χ0n) is 15.9. The van der Waals surface area contributed by atoms with Crippen LogP contribution in [0.3, 0.4) is 0 Å². The van der Waals surface area contributed by atoms with E-state index < -0.39 is 0 Å². The molecule has 0 saturated carbocycles. The quantitative estimate of drug-likeness (QED) is 0.576. The number of aromatic nitrogens is 3. The third-order valence-corrected chi connectivity index (χ3v) is 5.28.